The lowest BCUT2D eigenvalue weighted by molar-refractivity contribution is 0.470. The minimum atomic E-state index is 0.735. The molecule has 0 aromatic rings. The highest BCUT2D eigenvalue weighted by atomic mass is 15.0. The van der Waals surface area contributed by atoms with Gasteiger partial charge in [-0.25, -0.2) is 0 Å². The number of hydrogen-bond donors (Lipinski definition) is 2. The largest absolute Gasteiger partial charge is 0.315 e. The van der Waals surface area contributed by atoms with Crippen molar-refractivity contribution >= 4 is 0 Å². The van der Waals surface area contributed by atoms with E-state index >= 15 is 0 Å². The molecule has 1 fully saturated rings. The summed E-state index contributed by atoms with van der Waals surface area (Å²) in [7, 11) is 0. The molecule has 1 saturated heterocycles. The zero-order valence-electron chi connectivity index (χ0n) is 8.23. The van der Waals surface area contributed by atoms with Crippen LogP contribution in [-0.4, -0.2) is 25.7 Å². The minimum absolute atomic E-state index is 0.735. The zero-order valence-corrected chi connectivity index (χ0v) is 8.23. The molecule has 0 aromatic carbocycles. The van der Waals surface area contributed by atoms with Crippen LogP contribution in [0.1, 0.15) is 39.0 Å². The van der Waals surface area contributed by atoms with Crippen LogP contribution in [0.15, 0.2) is 0 Å². The molecule has 2 N–H and O–H groups in total. The van der Waals surface area contributed by atoms with Gasteiger partial charge in [0.15, 0.2) is 0 Å². The minimum Gasteiger partial charge on any atom is -0.315 e. The lowest BCUT2D eigenvalue weighted by atomic mass is 10.1. The number of nitrogens with one attached hydrogen (secondary N) is 2. The number of rotatable bonds is 4. The van der Waals surface area contributed by atoms with E-state index in [0.717, 1.165) is 6.04 Å². The van der Waals surface area contributed by atoms with Gasteiger partial charge in [-0.05, 0) is 25.9 Å². The third-order valence-corrected chi connectivity index (χ3v) is 2.51. The van der Waals surface area contributed by atoms with Gasteiger partial charge in [0.25, 0.3) is 0 Å². The summed E-state index contributed by atoms with van der Waals surface area (Å²) in [6.07, 6.45) is 6.74. The van der Waals surface area contributed by atoms with Crippen molar-refractivity contribution in [1.29, 1.82) is 0 Å². The van der Waals surface area contributed by atoms with E-state index in [9.17, 15) is 0 Å². The lowest BCUT2D eigenvalue weighted by Gasteiger charge is -2.14. The molecule has 12 heavy (non-hydrogen) atoms. The smallest absolute Gasteiger partial charge is 0.0192 e. The average molecular weight is 170 g/mol. The maximum Gasteiger partial charge on any atom is 0.0192 e. The molecule has 0 amide bonds. The Morgan fingerprint density at radius 2 is 2.17 bits per heavy atom. The normalized spacial score (nSPS) is 25.2. The van der Waals surface area contributed by atoms with Gasteiger partial charge < -0.3 is 10.6 Å². The monoisotopic (exact) mass is 170 g/mol. The Bertz CT molecular complexity index is 96.0. The van der Waals surface area contributed by atoms with Crippen molar-refractivity contribution < 1.29 is 0 Å². The van der Waals surface area contributed by atoms with Crippen molar-refractivity contribution in [3.8, 4) is 0 Å². The highest BCUT2D eigenvalue weighted by Gasteiger charge is 2.09. The summed E-state index contributed by atoms with van der Waals surface area (Å²) in [5.41, 5.74) is 0. The Hall–Kier alpha value is -0.0800. The van der Waals surface area contributed by atoms with Gasteiger partial charge >= 0.3 is 0 Å². The summed E-state index contributed by atoms with van der Waals surface area (Å²) in [6, 6.07) is 0.735. The molecule has 0 aromatic heterocycles. The Balaban J connectivity index is 2.04. The van der Waals surface area contributed by atoms with Crippen molar-refractivity contribution in [2.24, 2.45) is 0 Å². The second-order valence-corrected chi connectivity index (χ2v) is 3.70. The lowest BCUT2D eigenvalue weighted by Crippen LogP contribution is -2.35. The molecule has 0 spiro atoms. The van der Waals surface area contributed by atoms with Crippen molar-refractivity contribution in [3.05, 3.63) is 0 Å². The highest BCUT2D eigenvalue weighted by molar-refractivity contribution is 4.73. The topological polar surface area (TPSA) is 24.1 Å². The summed E-state index contributed by atoms with van der Waals surface area (Å²) in [5.74, 6) is 0. The first kappa shape index (κ1) is 10.0. The molecule has 1 rings (SSSR count). The molecular weight excluding hydrogens is 148 g/mol. The Morgan fingerprint density at radius 3 is 3.00 bits per heavy atom. The van der Waals surface area contributed by atoms with Gasteiger partial charge in [-0.1, -0.05) is 26.2 Å². The number of unbranched alkanes of at least 4 members (excludes halogenated alkanes) is 2. The summed E-state index contributed by atoms with van der Waals surface area (Å²) >= 11 is 0. The van der Waals surface area contributed by atoms with Crippen molar-refractivity contribution in [2.75, 3.05) is 19.6 Å². The van der Waals surface area contributed by atoms with E-state index in [-0.39, 0.29) is 0 Å². The molecule has 0 aliphatic carbocycles. The van der Waals surface area contributed by atoms with E-state index in [0.29, 0.717) is 0 Å². The van der Waals surface area contributed by atoms with Crippen LogP contribution in [0.3, 0.4) is 0 Å². The molecule has 2 nitrogen and oxygen atoms in total. The van der Waals surface area contributed by atoms with Gasteiger partial charge in [-0.3, -0.25) is 0 Å². The molecule has 1 unspecified atom stereocenters. The van der Waals surface area contributed by atoms with Crippen molar-refractivity contribution in [3.63, 3.8) is 0 Å². The van der Waals surface area contributed by atoms with Gasteiger partial charge in [0.1, 0.15) is 0 Å². The second kappa shape index (κ2) is 6.44. The van der Waals surface area contributed by atoms with Crippen LogP contribution in [0.2, 0.25) is 0 Å². The van der Waals surface area contributed by atoms with Gasteiger partial charge in [0.05, 0.1) is 0 Å². The van der Waals surface area contributed by atoms with E-state index in [1.165, 1.54) is 51.7 Å². The maximum atomic E-state index is 3.58. The first-order chi connectivity index (χ1) is 5.93. The van der Waals surface area contributed by atoms with E-state index in [1.54, 1.807) is 0 Å². The van der Waals surface area contributed by atoms with Gasteiger partial charge in [-0.2, -0.15) is 0 Å². The van der Waals surface area contributed by atoms with Gasteiger partial charge in [-0.15, -0.1) is 0 Å². The predicted octanol–water partition coefficient (Wildman–Crippen LogP) is 1.52. The first-order valence-electron chi connectivity index (χ1n) is 5.37. The van der Waals surface area contributed by atoms with E-state index in [2.05, 4.69) is 17.6 Å². The molecule has 0 bridgehead atoms. The first-order valence-corrected chi connectivity index (χ1v) is 5.37. The quantitative estimate of drug-likeness (QED) is 0.625. The fourth-order valence-corrected chi connectivity index (χ4v) is 1.71. The fraction of sp³-hybridized carbons (Fsp3) is 1.00. The molecule has 72 valence electrons. The van der Waals surface area contributed by atoms with Gasteiger partial charge in [0, 0.05) is 12.6 Å². The Kier molecular flexibility index (Phi) is 5.37. The zero-order chi connectivity index (χ0) is 8.65. The molecule has 1 heterocycles. The molecule has 1 aliphatic heterocycles. The fourth-order valence-electron chi connectivity index (χ4n) is 1.71. The third kappa shape index (κ3) is 4.07. The van der Waals surface area contributed by atoms with Crippen LogP contribution in [-0.2, 0) is 0 Å². The number of hydrogen-bond acceptors (Lipinski definition) is 2. The van der Waals surface area contributed by atoms with Crippen molar-refractivity contribution in [2.45, 2.75) is 45.1 Å². The summed E-state index contributed by atoms with van der Waals surface area (Å²) in [6.45, 7) is 5.82. The Morgan fingerprint density at radius 1 is 1.25 bits per heavy atom. The van der Waals surface area contributed by atoms with E-state index in [4.69, 9.17) is 0 Å². The molecule has 0 saturated carbocycles. The van der Waals surface area contributed by atoms with Crippen LogP contribution in [0.25, 0.3) is 0 Å². The Labute approximate surface area is 76.1 Å². The molecule has 2 heteroatoms. The van der Waals surface area contributed by atoms with Crippen molar-refractivity contribution in [1.82, 2.24) is 10.6 Å². The maximum absolute atomic E-state index is 3.58. The third-order valence-electron chi connectivity index (χ3n) is 2.51. The second-order valence-electron chi connectivity index (χ2n) is 3.70. The van der Waals surface area contributed by atoms with Crippen LogP contribution in [0.5, 0.6) is 0 Å². The highest BCUT2D eigenvalue weighted by Crippen LogP contribution is 2.03. The van der Waals surface area contributed by atoms with Crippen LogP contribution < -0.4 is 10.6 Å². The van der Waals surface area contributed by atoms with Crippen LogP contribution >= 0.6 is 0 Å². The molecular formula is C10H22N2. The van der Waals surface area contributed by atoms with Crippen LogP contribution in [0.4, 0.5) is 0 Å². The summed E-state index contributed by atoms with van der Waals surface area (Å²) < 4.78 is 0. The molecule has 1 atom stereocenters. The SMILES string of the molecule is CCCCCC1CNCCCN1. The molecule has 0 radical (unpaired) electrons. The van der Waals surface area contributed by atoms with E-state index < -0.39 is 0 Å². The summed E-state index contributed by atoms with van der Waals surface area (Å²) in [4.78, 5) is 0. The standard InChI is InChI=1S/C10H22N2/c1-2-3-4-6-10-9-11-7-5-8-12-10/h10-12H,2-9H2,1H3. The average Bonchev–Trinajstić information content (AvgIpc) is 2.33. The molecule has 1 aliphatic rings. The van der Waals surface area contributed by atoms with Gasteiger partial charge in [0.2, 0.25) is 0 Å². The summed E-state index contributed by atoms with van der Waals surface area (Å²) in [5, 5.41) is 7.04. The van der Waals surface area contributed by atoms with E-state index in [1.807, 2.05) is 0 Å². The predicted molar refractivity (Wildman–Crippen MR) is 53.4 cm³/mol. The van der Waals surface area contributed by atoms with Crippen LogP contribution in [0, 0.1) is 0 Å².